The maximum atomic E-state index is 12.6. The van der Waals surface area contributed by atoms with Gasteiger partial charge in [0.2, 0.25) is 15.9 Å². The number of pyridine rings is 1. The number of amides is 1. The highest BCUT2D eigenvalue weighted by Crippen LogP contribution is 2.26. The van der Waals surface area contributed by atoms with Crippen LogP contribution in [0.2, 0.25) is 0 Å². The molecule has 0 aliphatic carbocycles. The quantitative estimate of drug-likeness (QED) is 0.730. The van der Waals surface area contributed by atoms with Gasteiger partial charge in [0.25, 0.3) is 0 Å². The first-order valence-electron chi connectivity index (χ1n) is 8.90. The zero-order chi connectivity index (χ0) is 17.9. The van der Waals surface area contributed by atoms with Gasteiger partial charge in [-0.15, -0.1) is 0 Å². The third-order valence-electron chi connectivity index (χ3n) is 4.73. The summed E-state index contributed by atoms with van der Waals surface area (Å²) in [5.41, 5.74) is 0. The van der Waals surface area contributed by atoms with Gasteiger partial charge in [-0.1, -0.05) is 18.2 Å². The number of hydrogen-bond donors (Lipinski definition) is 0. The molecule has 6 nitrogen and oxygen atoms in total. The van der Waals surface area contributed by atoms with Crippen LogP contribution >= 0.6 is 11.8 Å². The Balaban J connectivity index is 1.64. The number of aromatic nitrogens is 1. The van der Waals surface area contributed by atoms with Crippen LogP contribution in [0.3, 0.4) is 0 Å². The van der Waals surface area contributed by atoms with Crippen molar-refractivity contribution in [2.24, 2.45) is 0 Å². The van der Waals surface area contributed by atoms with Crippen molar-refractivity contribution in [2.75, 3.05) is 26.2 Å². The highest BCUT2D eigenvalue weighted by molar-refractivity contribution is 8.00. The van der Waals surface area contributed by atoms with Crippen molar-refractivity contribution >= 4 is 27.7 Å². The summed E-state index contributed by atoms with van der Waals surface area (Å²) >= 11 is 1.38. The fraction of sp³-hybridized carbons (Fsp3) is 0.647. The van der Waals surface area contributed by atoms with E-state index in [2.05, 4.69) is 4.98 Å². The summed E-state index contributed by atoms with van der Waals surface area (Å²) in [7, 11) is -3.45. The van der Waals surface area contributed by atoms with E-state index in [0.29, 0.717) is 18.1 Å². The van der Waals surface area contributed by atoms with Gasteiger partial charge >= 0.3 is 0 Å². The zero-order valence-corrected chi connectivity index (χ0v) is 16.2. The predicted molar refractivity (Wildman–Crippen MR) is 98.0 cm³/mol. The smallest absolute Gasteiger partial charge is 0.244 e. The third-order valence-corrected chi connectivity index (χ3v) is 7.65. The Bertz CT molecular complexity index is 694. The van der Waals surface area contributed by atoms with E-state index in [-0.39, 0.29) is 16.1 Å². The number of nitrogens with zero attached hydrogens (tertiary/aromatic N) is 3. The van der Waals surface area contributed by atoms with Gasteiger partial charge in [0.15, 0.2) is 0 Å². The maximum absolute atomic E-state index is 12.6. The molecule has 1 amide bonds. The van der Waals surface area contributed by atoms with E-state index in [1.54, 1.807) is 16.4 Å². The number of likely N-dealkylation sites (tertiary alicyclic amines) is 1. The molecular weight excluding hydrogens is 358 g/mol. The summed E-state index contributed by atoms with van der Waals surface area (Å²) in [5, 5.41) is 0.466. The van der Waals surface area contributed by atoms with Crippen LogP contribution in [0.4, 0.5) is 0 Å². The summed E-state index contributed by atoms with van der Waals surface area (Å²) < 4.78 is 26.8. The van der Waals surface area contributed by atoms with Gasteiger partial charge < -0.3 is 4.90 Å². The molecule has 0 aromatic carbocycles. The number of carbonyl (C=O) groups is 1. The Morgan fingerprint density at radius 1 is 1.08 bits per heavy atom. The van der Waals surface area contributed by atoms with E-state index >= 15 is 0 Å². The lowest BCUT2D eigenvalue weighted by Gasteiger charge is -2.25. The number of carbonyl (C=O) groups excluding carboxylic acids is 1. The molecule has 2 fully saturated rings. The van der Waals surface area contributed by atoms with Crippen LogP contribution < -0.4 is 0 Å². The molecule has 8 heteroatoms. The zero-order valence-electron chi connectivity index (χ0n) is 14.6. The van der Waals surface area contributed by atoms with Crippen LogP contribution in [0.25, 0.3) is 0 Å². The van der Waals surface area contributed by atoms with Gasteiger partial charge in [0.05, 0.1) is 10.3 Å². The van der Waals surface area contributed by atoms with Crippen LogP contribution in [-0.2, 0) is 14.8 Å². The second kappa shape index (κ2) is 8.05. The normalized spacial score (nSPS) is 20.6. The lowest BCUT2D eigenvalue weighted by Crippen LogP contribution is -2.35. The number of thioether (sulfide) groups is 1. The molecular formula is C17H25N3O3S2. The van der Waals surface area contributed by atoms with Crippen molar-refractivity contribution in [1.29, 1.82) is 0 Å². The van der Waals surface area contributed by atoms with Gasteiger partial charge in [-0.05, 0) is 44.7 Å². The molecule has 2 aliphatic heterocycles. The minimum absolute atomic E-state index is 0.134. The lowest BCUT2D eigenvalue weighted by molar-refractivity contribution is -0.129. The first-order valence-corrected chi connectivity index (χ1v) is 11.2. The van der Waals surface area contributed by atoms with E-state index in [0.717, 1.165) is 45.2 Å². The average Bonchev–Trinajstić information content (AvgIpc) is 3.17. The molecule has 25 heavy (non-hydrogen) atoms. The van der Waals surface area contributed by atoms with E-state index in [9.17, 15) is 13.2 Å². The fourth-order valence-corrected chi connectivity index (χ4v) is 5.60. The second-order valence-electron chi connectivity index (χ2n) is 6.59. The Labute approximate surface area is 154 Å². The summed E-state index contributed by atoms with van der Waals surface area (Å²) in [5.74, 6) is 0.134. The fourth-order valence-electron chi connectivity index (χ4n) is 3.27. The molecule has 1 aromatic heterocycles. The Hall–Kier alpha value is -1.12. The molecule has 0 N–H and O–H groups in total. The van der Waals surface area contributed by atoms with Crippen molar-refractivity contribution in [3.05, 3.63) is 18.3 Å². The third kappa shape index (κ3) is 4.35. The van der Waals surface area contributed by atoms with Gasteiger partial charge in [-0.25, -0.2) is 13.4 Å². The van der Waals surface area contributed by atoms with Crippen molar-refractivity contribution < 1.29 is 13.2 Å². The monoisotopic (exact) mass is 383 g/mol. The summed E-state index contributed by atoms with van der Waals surface area (Å²) in [6.07, 6.45) is 6.48. The van der Waals surface area contributed by atoms with Crippen LogP contribution in [-0.4, -0.2) is 59.9 Å². The largest absolute Gasteiger partial charge is 0.342 e. The topological polar surface area (TPSA) is 70.6 Å². The first-order chi connectivity index (χ1) is 12.0. The SMILES string of the molecule is C[C@@H](Sc1ccc(S(=O)(=O)N2CCCCC2)cn1)C(=O)N1CCCC1. The van der Waals surface area contributed by atoms with Crippen LogP contribution in [0, 0.1) is 0 Å². The number of piperidine rings is 1. The van der Waals surface area contributed by atoms with Crippen molar-refractivity contribution in [3.8, 4) is 0 Å². The molecule has 3 heterocycles. The van der Waals surface area contributed by atoms with Gasteiger partial charge in [0, 0.05) is 32.4 Å². The molecule has 1 atom stereocenters. The second-order valence-corrected chi connectivity index (χ2v) is 9.89. The minimum Gasteiger partial charge on any atom is -0.342 e. The van der Waals surface area contributed by atoms with Crippen LogP contribution in [0.15, 0.2) is 28.3 Å². The first kappa shape index (κ1) is 18.7. The molecule has 0 spiro atoms. The van der Waals surface area contributed by atoms with Crippen molar-refractivity contribution in [2.45, 2.75) is 54.2 Å². The van der Waals surface area contributed by atoms with Crippen molar-refractivity contribution in [1.82, 2.24) is 14.2 Å². The Morgan fingerprint density at radius 2 is 1.72 bits per heavy atom. The van der Waals surface area contributed by atoms with E-state index < -0.39 is 10.0 Å². The molecule has 138 valence electrons. The van der Waals surface area contributed by atoms with Gasteiger partial charge in [0.1, 0.15) is 4.90 Å². The lowest BCUT2D eigenvalue weighted by atomic mass is 10.2. The molecule has 1 aromatic rings. The maximum Gasteiger partial charge on any atom is 0.244 e. The summed E-state index contributed by atoms with van der Waals surface area (Å²) in [4.78, 5) is 18.8. The summed E-state index contributed by atoms with van der Waals surface area (Å²) in [6, 6.07) is 3.31. The van der Waals surface area contributed by atoms with E-state index in [1.165, 1.54) is 18.0 Å². The highest BCUT2D eigenvalue weighted by atomic mass is 32.2. The molecule has 0 saturated carbocycles. The van der Waals surface area contributed by atoms with Crippen molar-refractivity contribution in [3.63, 3.8) is 0 Å². The minimum atomic E-state index is -3.45. The number of sulfonamides is 1. The Morgan fingerprint density at radius 3 is 2.32 bits per heavy atom. The average molecular weight is 384 g/mol. The predicted octanol–water partition coefficient (Wildman–Crippen LogP) is 2.36. The van der Waals surface area contributed by atoms with Crippen LogP contribution in [0.1, 0.15) is 39.0 Å². The molecule has 0 radical (unpaired) electrons. The highest BCUT2D eigenvalue weighted by Gasteiger charge is 2.27. The molecule has 0 bridgehead atoms. The van der Waals surface area contributed by atoms with Gasteiger partial charge in [-0.2, -0.15) is 4.31 Å². The molecule has 2 aliphatic rings. The molecule has 2 saturated heterocycles. The Kier molecular flexibility index (Phi) is 6.01. The number of hydrogen-bond acceptors (Lipinski definition) is 5. The van der Waals surface area contributed by atoms with Crippen LogP contribution in [0.5, 0.6) is 0 Å². The van der Waals surface area contributed by atoms with E-state index in [1.807, 2.05) is 11.8 Å². The standard InChI is InChI=1S/C17H25N3O3S2/c1-14(17(21)19-9-5-6-10-19)24-16-8-7-15(13-18-16)25(22,23)20-11-3-2-4-12-20/h7-8,13-14H,2-6,9-12H2,1H3/t14-/m1/s1. The summed E-state index contributed by atoms with van der Waals surface area (Å²) in [6.45, 7) is 4.72. The molecule has 0 unspecified atom stereocenters. The number of rotatable bonds is 5. The van der Waals surface area contributed by atoms with Gasteiger partial charge in [-0.3, -0.25) is 4.79 Å². The van der Waals surface area contributed by atoms with E-state index in [4.69, 9.17) is 0 Å². The molecule has 3 rings (SSSR count).